The van der Waals surface area contributed by atoms with E-state index in [2.05, 4.69) is 25.6 Å². The summed E-state index contributed by atoms with van der Waals surface area (Å²) < 4.78 is 41.4. The van der Waals surface area contributed by atoms with Gasteiger partial charge in [0, 0.05) is 29.8 Å². The largest absolute Gasteiger partial charge is 0.323 e. The van der Waals surface area contributed by atoms with E-state index < -0.39 is 34.8 Å². The second kappa shape index (κ2) is 8.19. The van der Waals surface area contributed by atoms with Crippen LogP contribution in [-0.4, -0.2) is 26.8 Å². The molecular formula is C21H12F3N5O2. The van der Waals surface area contributed by atoms with E-state index in [1.54, 1.807) is 0 Å². The number of aromatic nitrogens is 3. The molecule has 4 rings (SSSR count). The van der Waals surface area contributed by atoms with Crippen molar-refractivity contribution >= 4 is 34.2 Å². The Morgan fingerprint density at radius 1 is 0.774 bits per heavy atom. The summed E-state index contributed by atoms with van der Waals surface area (Å²) in [4.78, 5) is 36.9. The summed E-state index contributed by atoms with van der Waals surface area (Å²) in [5, 5.41) is 4.71. The Balaban J connectivity index is 1.60. The average molecular weight is 423 g/mol. The number of fused-ring (bicyclic) bond motifs is 1. The van der Waals surface area contributed by atoms with Gasteiger partial charge in [0.1, 0.15) is 17.0 Å². The van der Waals surface area contributed by atoms with Gasteiger partial charge in [-0.05, 0) is 36.4 Å². The van der Waals surface area contributed by atoms with Crippen molar-refractivity contribution in [2.75, 3.05) is 10.6 Å². The molecular weight excluding hydrogens is 411 g/mol. The molecule has 0 aliphatic rings. The van der Waals surface area contributed by atoms with Gasteiger partial charge in [0.25, 0.3) is 0 Å². The van der Waals surface area contributed by atoms with Crippen LogP contribution in [0.4, 0.5) is 29.3 Å². The number of amides is 2. The topological polar surface area (TPSA) is 96.9 Å². The summed E-state index contributed by atoms with van der Waals surface area (Å²) >= 11 is 0. The maximum Gasteiger partial charge on any atom is 0.323 e. The minimum Gasteiger partial charge on any atom is -0.308 e. The molecule has 2 aromatic carbocycles. The summed E-state index contributed by atoms with van der Waals surface area (Å²) in [5.41, 5.74) is 0.113. The Labute approximate surface area is 173 Å². The van der Waals surface area contributed by atoms with Crippen LogP contribution in [0.3, 0.4) is 0 Å². The van der Waals surface area contributed by atoms with Crippen molar-refractivity contribution in [3.05, 3.63) is 89.8 Å². The number of hydrogen-bond acceptors (Lipinski definition) is 5. The second-order valence-corrected chi connectivity index (χ2v) is 6.35. The first-order valence-electron chi connectivity index (χ1n) is 8.85. The third-order valence-corrected chi connectivity index (χ3v) is 4.22. The van der Waals surface area contributed by atoms with Crippen LogP contribution in [-0.2, 0) is 0 Å². The molecule has 2 amide bonds. The monoisotopic (exact) mass is 423 g/mol. The van der Waals surface area contributed by atoms with E-state index in [0.29, 0.717) is 11.0 Å². The lowest BCUT2D eigenvalue weighted by Crippen LogP contribution is -2.20. The molecule has 0 saturated heterocycles. The molecule has 0 spiro atoms. The molecule has 0 atom stereocenters. The third-order valence-electron chi connectivity index (χ3n) is 4.22. The SMILES string of the molecule is O=C(Nc1ccc(F)cc1)Nc1cc(F)c(F)c(C(=O)c2cc3nccnc3cn2)c1. The van der Waals surface area contributed by atoms with E-state index in [9.17, 15) is 22.8 Å². The molecule has 0 unspecified atom stereocenters. The van der Waals surface area contributed by atoms with Crippen LogP contribution in [0.1, 0.15) is 16.1 Å². The van der Waals surface area contributed by atoms with Gasteiger partial charge in [-0.2, -0.15) is 0 Å². The van der Waals surface area contributed by atoms with Gasteiger partial charge in [0.05, 0.1) is 17.3 Å². The fourth-order valence-corrected chi connectivity index (χ4v) is 2.78. The molecule has 31 heavy (non-hydrogen) atoms. The summed E-state index contributed by atoms with van der Waals surface area (Å²) in [7, 11) is 0. The van der Waals surface area contributed by atoms with Crippen molar-refractivity contribution < 1.29 is 22.8 Å². The van der Waals surface area contributed by atoms with Crippen LogP contribution >= 0.6 is 0 Å². The molecule has 0 fully saturated rings. The van der Waals surface area contributed by atoms with Crippen LogP contribution in [0.15, 0.2) is 61.1 Å². The second-order valence-electron chi connectivity index (χ2n) is 6.35. The average Bonchev–Trinajstić information content (AvgIpc) is 2.77. The van der Waals surface area contributed by atoms with E-state index in [4.69, 9.17) is 0 Å². The fourth-order valence-electron chi connectivity index (χ4n) is 2.78. The Morgan fingerprint density at radius 3 is 2.19 bits per heavy atom. The van der Waals surface area contributed by atoms with Crippen molar-refractivity contribution in [2.45, 2.75) is 0 Å². The Hall–Kier alpha value is -4.34. The highest BCUT2D eigenvalue weighted by Crippen LogP contribution is 2.22. The predicted molar refractivity (Wildman–Crippen MR) is 106 cm³/mol. The van der Waals surface area contributed by atoms with Crippen LogP contribution in [0.2, 0.25) is 0 Å². The number of nitrogens with one attached hydrogen (secondary N) is 2. The molecule has 2 aromatic heterocycles. The molecule has 0 radical (unpaired) electrons. The lowest BCUT2D eigenvalue weighted by atomic mass is 10.1. The first kappa shape index (κ1) is 20.0. The van der Waals surface area contributed by atoms with E-state index in [1.807, 2.05) is 0 Å². The zero-order chi connectivity index (χ0) is 22.0. The van der Waals surface area contributed by atoms with Gasteiger partial charge in [-0.25, -0.2) is 18.0 Å². The smallest absolute Gasteiger partial charge is 0.308 e. The van der Waals surface area contributed by atoms with Crippen LogP contribution < -0.4 is 10.6 Å². The highest BCUT2D eigenvalue weighted by Gasteiger charge is 2.21. The number of carbonyl (C=O) groups excluding carboxylic acids is 2. The highest BCUT2D eigenvalue weighted by atomic mass is 19.2. The van der Waals surface area contributed by atoms with Crippen molar-refractivity contribution in [2.24, 2.45) is 0 Å². The molecule has 4 aromatic rings. The van der Waals surface area contributed by atoms with Crippen LogP contribution in [0.5, 0.6) is 0 Å². The maximum atomic E-state index is 14.3. The van der Waals surface area contributed by atoms with Gasteiger partial charge < -0.3 is 10.6 Å². The summed E-state index contributed by atoms with van der Waals surface area (Å²) in [6.45, 7) is 0. The minimum atomic E-state index is -1.38. The van der Waals surface area contributed by atoms with E-state index in [1.165, 1.54) is 36.8 Å². The van der Waals surface area contributed by atoms with Crippen molar-refractivity contribution in [3.63, 3.8) is 0 Å². The lowest BCUT2D eigenvalue weighted by Gasteiger charge is -2.10. The van der Waals surface area contributed by atoms with Gasteiger partial charge in [-0.1, -0.05) is 0 Å². The third kappa shape index (κ3) is 4.32. The summed E-state index contributed by atoms with van der Waals surface area (Å²) in [5.74, 6) is -4.09. The van der Waals surface area contributed by atoms with Crippen molar-refractivity contribution in [1.29, 1.82) is 0 Å². The number of benzene rings is 2. The Morgan fingerprint density at radius 2 is 1.45 bits per heavy atom. The number of ketones is 1. The first-order valence-corrected chi connectivity index (χ1v) is 8.85. The molecule has 2 heterocycles. The molecule has 0 aliphatic carbocycles. The maximum absolute atomic E-state index is 14.3. The molecule has 0 bridgehead atoms. The first-order chi connectivity index (χ1) is 14.9. The number of carbonyl (C=O) groups is 2. The number of anilines is 2. The number of halogens is 3. The lowest BCUT2D eigenvalue weighted by molar-refractivity contribution is 0.102. The molecule has 0 saturated carbocycles. The number of nitrogens with zero attached hydrogens (tertiary/aromatic N) is 3. The van der Waals surface area contributed by atoms with Crippen LogP contribution in [0, 0.1) is 17.5 Å². The fraction of sp³-hybridized carbons (Fsp3) is 0. The number of pyridine rings is 1. The van der Waals surface area contributed by atoms with Crippen molar-refractivity contribution in [3.8, 4) is 0 Å². The Bertz CT molecular complexity index is 1310. The van der Waals surface area contributed by atoms with Gasteiger partial charge in [-0.3, -0.25) is 19.7 Å². The Kier molecular flexibility index (Phi) is 5.27. The molecule has 7 nitrogen and oxygen atoms in total. The zero-order valence-electron chi connectivity index (χ0n) is 15.6. The number of urea groups is 1. The minimum absolute atomic E-state index is 0.164. The molecule has 10 heteroatoms. The van der Waals surface area contributed by atoms with E-state index >= 15 is 0 Å². The van der Waals surface area contributed by atoms with Gasteiger partial charge in [0.2, 0.25) is 5.78 Å². The van der Waals surface area contributed by atoms with Gasteiger partial charge in [-0.15, -0.1) is 0 Å². The number of rotatable bonds is 4. The van der Waals surface area contributed by atoms with Gasteiger partial charge >= 0.3 is 6.03 Å². The number of hydrogen-bond donors (Lipinski definition) is 2. The molecule has 2 N–H and O–H groups in total. The van der Waals surface area contributed by atoms with Gasteiger partial charge in [0.15, 0.2) is 11.6 Å². The normalized spacial score (nSPS) is 10.7. The summed E-state index contributed by atoms with van der Waals surface area (Å²) in [6.07, 6.45) is 4.16. The predicted octanol–water partition coefficient (Wildman–Crippen LogP) is 4.32. The highest BCUT2D eigenvalue weighted by molar-refractivity contribution is 6.10. The van der Waals surface area contributed by atoms with E-state index in [0.717, 1.165) is 24.3 Å². The zero-order valence-corrected chi connectivity index (χ0v) is 15.6. The standard InChI is InChI=1S/C21H12F3N5O2/c22-11-1-3-12(4-2-11)28-21(31)29-13-7-14(19(24)15(23)8-13)20(30)17-9-16-18(10-27-17)26-6-5-25-16/h1-10H,(H2,28,29,31). The van der Waals surface area contributed by atoms with E-state index in [-0.39, 0.29) is 17.1 Å². The van der Waals surface area contributed by atoms with Crippen molar-refractivity contribution in [1.82, 2.24) is 15.0 Å². The molecule has 0 aliphatic heterocycles. The molecule has 154 valence electrons. The quantitative estimate of drug-likeness (QED) is 0.477. The van der Waals surface area contributed by atoms with Crippen LogP contribution in [0.25, 0.3) is 11.0 Å². The summed E-state index contributed by atoms with van der Waals surface area (Å²) in [6, 6.07) is 7.17.